The molecule has 1 aromatic heterocycles. The van der Waals surface area contributed by atoms with Gasteiger partial charge in [0.25, 0.3) is 0 Å². The molecular formula is C9H11FN2O. The summed E-state index contributed by atoms with van der Waals surface area (Å²) < 4.78 is 18.8. The molecule has 0 aliphatic heterocycles. The second-order valence-electron chi connectivity index (χ2n) is 3.07. The lowest BCUT2D eigenvalue weighted by atomic mass is 10.4. The van der Waals surface area contributed by atoms with E-state index >= 15 is 0 Å². The van der Waals surface area contributed by atoms with E-state index < -0.39 is 0 Å². The summed E-state index contributed by atoms with van der Waals surface area (Å²) in [4.78, 5) is 3.87. The Morgan fingerprint density at radius 1 is 1.54 bits per heavy atom. The number of pyridine rings is 1. The van der Waals surface area contributed by atoms with E-state index in [1.54, 1.807) is 7.05 Å². The van der Waals surface area contributed by atoms with Crippen molar-refractivity contribution in [2.24, 2.45) is 0 Å². The molecule has 13 heavy (non-hydrogen) atoms. The fraction of sp³-hybridized carbons (Fsp3) is 0.444. The molecule has 0 atom stereocenters. The molecule has 1 heterocycles. The maximum absolute atomic E-state index is 13.4. The predicted molar refractivity (Wildman–Crippen MR) is 47.4 cm³/mol. The fourth-order valence-corrected chi connectivity index (χ4v) is 1.05. The number of halogens is 1. The first-order valence-corrected chi connectivity index (χ1v) is 4.29. The van der Waals surface area contributed by atoms with Gasteiger partial charge < -0.3 is 10.1 Å². The van der Waals surface area contributed by atoms with Crippen LogP contribution in [0.2, 0.25) is 0 Å². The van der Waals surface area contributed by atoms with Gasteiger partial charge in [-0.05, 0) is 12.8 Å². The van der Waals surface area contributed by atoms with Gasteiger partial charge in [0.1, 0.15) is 0 Å². The number of hydrogen-bond acceptors (Lipinski definition) is 3. The van der Waals surface area contributed by atoms with E-state index in [9.17, 15) is 4.39 Å². The third-order valence-electron chi connectivity index (χ3n) is 1.94. The van der Waals surface area contributed by atoms with Crippen LogP contribution in [0.1, 0.15) is 12.8 Å². The van der Waals surface area contributed by atoms with Gasteiger partial charge in [0, 0.05) is 7.05 Å². The molecule has 0 amide bonds. The Labute approximate surface area is 75.9 Å². The zero-order valence-electron chi connectivity index (χ0n) is 7.38. The average Bonchev–Trinajstić information content (AvgIpc) is 2.92. The first-order chi connectivity index (χ1) is 6.31. The third-order valence-corrected chi connectivity index (χ3v) is 1.94. The van der Waals surface area contributed by atoms with Crippen LogP contribution < -0.4 is 10.1 Å². The van der Waals surface area contributed by atoms with Crippen molar-refractivity contribution in [2.45, 2.75) is 18.9 Å². The molecule has 1 aliphatic carbocycles. The summed E-state index contributed by atoms with van der Waals surface area (Å²) in [5, 5.41) is 2.71. The van der Waals surface area contributed by atoms with E-state index in [2.05, 4.69) is 10.3 Å². The largest absolute Gasteiger partial charge is 0.486 e. The van der Waals surface area contributed by atoms with E-state index in [1.807, 2.05) is 0 Å². The Kier molecular flexibility index (Phi) is 2.04. The Balaban J connectivity index is 2.22. The van der Waals surface area contributed by atoms with E-state index in [1.165, 1.54) is 12.4 Å². The van der Waals surface area contributed by atoms with E-state index in [4.69, 9.17) is 4.74 Å². The predicted octanol–water partition coefficient (Wildman–Crippen LogP) is 1.80. The topological polar surface area (TPSA) is 34.2 Å². The first-order valence-electron chi connectivity index (χ1n) is 4.29. The summed E-state index contributed by atoms with van der Waals surface area (Å²) in [6, 6.07) is 0. The van der Waals surface area contributed by atoms with Crippen molar-refractivity contribution in [1.82, 2.24) is 4.98 Å². The van der Waals surface area contributed by atoms with Crippen LogP contribution in [0.3, 0.4) is 0 Å². The van der Waals surface area contributed by atoms with Crippen LogP contribution in [0.5, 0.6) is 5.75 Å². The molecule has 0 spiro atoms. The number of nitrogens with zero attached hydrogens (tertiary/aromatic N) is 1. The molecule has 1 fully saturated rings. The second-order valence-corrected chi connectivity index (χ2v) is 3.07. The lowest BCUT2D eigenvalue weighted by Crippen LogP contribution is -2.01. The molecule has 1 saturated carbocycles. The van der Waals surface area contributed by atoms with Crippen LogP contribution in [-0.4, -0.2) is 18.1 Å². The van der Waals surface area contributed by atoms with Crippen molar-refractivity contribution in [3.05, 3.63) is 18.2 Å². The maximum atomic E-state index is 13.4. The molecule has 2 rings (SSSR count). The van der Waals surface area contributed by atoms with Gasteiger partial charge in [-0.2, -0.15) is 0 Å². The summed E-state index contributed by atoms with van der Waals surface area (Å²) >= 11 is 0. The molecular weight excluding hydrogens is 171 g/mol. The van der Waals surface area contributed by atoms with Gasteiger partial charge in [-0.15, -0.1) is 0 Å². The highest BCUT2D eigenvalue weighted by atomic mass is 19.1. The summed E-state index contributed by atoms with van der Waals surface area (Å²) in [5.41, 5.74) is 0.373. The monoisotopic (exact) mass is 182 g/mol. The summed E-state index contributed by atoms with van der Waals surface area (Å²) in [7, 11) is 1.65. The van der Waals surface area contributed by atoms with Crippen LogP contribution in [0.25, 0.3) is 0 Å². The quantitative estimate of drug-likeness (QED) is 0.774. The molecule has 0 radical (unpaired) electrons. The molecule has 70 valence electrons. The summed E-state index contributed by atoms with van der Waals surface area (Å²) in [6.07, 6.45) is 5.08. The highest BCUT2D eigenvalue weighted by Crippen LogP contribution is 2.30. The lowest BCUT2D eigenvalue weighted by molar-refractivity contribution is 0.286. The Bertz CT molecular complexity index is 312. The van der Waals surface area contributed by atoms with Crippen LogP contribution >= 0.6 is 0 Å². The molecule has 1 aromatic rings. The van der Waals surface area contributed by atoms with Crippen LogP contribution in [0, 0.1) is 5.82 Å². The molecule has 0 aromatic carbocycles. The van der Waals surface area contributed by atoms with Crippen LogP contribution in [-0.2, 0) is 0 Å². The van der Waals surface area contributed by atoms with Gasteiger partial charge in [0.05, 0.1) is 24.2 Å². The Hall–Kier alpha value is -1.32. The molecule has 3 nitrogen and oxygen atoms in total. The minimum atomic E-state index is -0.357. The SMILES string of the molecule is CNc1cncc(OC2CC2)c1F. The zero-order valence-corrected chi connectivity index (χ0v) is 7.38. The number of nitrogens with one attached hydrogen (secondary N) is 1. The van der Waals surface area contributed by atoms with Crippen molar-refractivity contribution in [3.8, 4) is 5.75 Å². The fourth-order valence-electron chi connectivity index (χ4n) is 1.05. The smallest absolute Gasteiger partial charge is 0.191 e. The van der Waals surface area contributed by atoms with Gasteiger partial charge in [-0.1, -0.05) is 0 Å². The first kappa shape index (κ1) is 8.29. The van der Waals surface area contributed by atoms with Gasteiger partial charge in [0.15, 0.2) is 11.6 Å². The van der Waals surface area contributed by atoms with Gasteiger partial charge >= 0.3 is 0 Å². The van der Waals surface area contributed by atoms with Crippen molar-refractivity contribution in [2.75, 3.05) is 12.4 Å². The van der Waals surface area contributed by atoms with Crippen molar-refractivity contribution < 1.29 is 9.13 Å². The Morgan fingerprint density at radius 3 is 2.92 bits per heavy atom. The lowest BCUT2D eigenvalue weighted by Gasteiger charge is -2.07. The van der Waals surface area contributed by atoms with Crippen molar-refractivity contribution >= 4 is 5.69 Å². The molecule has 1 aliphatic rings. The van der Waals surface area contributed by atoms with E-state index in [-0.39, 0.29) is 17.7 Å². The van der Waals surface area contributed by atoms with Crippen molar-refractivity contribution in [3.63, 3.8) is 0 Å². The number of ether oxygens (including phenoxy) is 1. The van der Waals surface area contributed by atoms with E-state index in [0.29, 0.717) is 5.69 Å². The third kappa shape index (κ3) is 1.71. The molecule has 0 saturated heterocycles. The summed E-state index contributed by atoms with van der Waals surface area (Å²) in [5.74, 6) is -0.112. The highest BCUT2D eigenvalue weighted by molar-refractivity contribution is 5.46. The van der Waals surface area contributed by atoms with Gasteiger partial charge in [0.2, 0.25) is 0 Å². The number of hydrogen-bond donors (Lipinski definition) is 1. The number of anilines is 1. The zero-order chi connectivity index (χ0) is 9.26. The van der Waals surface area contributed by atoms with Crippen LogP contribution in [0.4, 0.5) is 10.1 Å². The highest BCUT2D eigenvalue weighted by Gasteiger charge is 2.25. The molecule has 4 heteroatoms. The number of aromatic nitrogens is 1. The minimum Gasteiger partial charge on any atom is -0.486 e. The van der Waals surface area contributed by atoms with Crippen molar-refractivity contribution in [1.29, 1.82) is 0 Å². The normalized spacial score (nSPS) is 15.5. The minimum absolute atomic E-state index is 0.198. The molecule has 1 N–H and O–H groups in total. The van der Waals surface area contributed by atoms with Crippen LogP contribution in [0.15, 0.2) is 12.4 Å². The summed E-state index contributed by atoms with van der Waals surface area (Å²) in [6.45, 7) is 0. The molecule has 0 unspecified atom stereocenters. The second kappa shape index (κ2) is 3.20. The van der Waals surface area contributed by atoms with Gasteiger partial charge in [-0.25, -0.2) is 4.39 Å². The van der Waals surface area contributed by atoms with E-state index in [0.717, 1.165) is 12.8 Å². The maximum Gasteiger partial charge on any atom is 0.191 e. The standard InChI is InChI=1S/C9H11FN2O/c1-11-7-4-12-5-8(9(7)10)13-6-2-3-6/h4-6,11H,2-3H2,1H3. The number of rotatable bonds is 3. The van der Waals surface area contributed by atoms with Gasteiger partial charge in [-0.3, -0.25) is 4.98 Å². The Morgan fingerprint density at radius 2 is 2.31 bits per heavy atom. The molecule has 0 bridgehead atoms. The average molecular weight is 182 g/mol.